The summed E-state index contributed by atoms with van der Waals surface area (Å²) in [5.74, 6) is -1.21. The van der Waals surface area contributed by atoms with Crippen LogP contribution in [-0.4, -0.2) is 25.0 Å². The van der Waals surface area contributed by atoms with Gasteiger partial charge >= 0.3 is 0 Å². The van der Waals surface area contributed by atoms with Crippen LogP contribution in [0, 0.1) is 5.82 Å². The molecule has 5 nitrogen and oxygen atoms in total. The van der Waals surface area contributed by atoms with E-state index in [2.05, 4.69) is 10.6 Å². The molecule has 0 fully saturated rings. The van der Waals surface area contributed by atoms with E-state index in [-0.39, 0.29) is 5.56 Å². The second kappa shape index (κ2) is 7.40. The van der Waals surface area contributed by atoms with E-state index in [1.807, 2.05) is 0 Å². The highest BCUT2D eigenvalue weighted by atomic mass is 19.1. The second-order valence-electron chi connectivity index (χ2n) is 4.86. The number of carbonyl (C=O) groups excluding carboxylic acids is 2. The minimum Gasteiger partial charge on any atom is -0.495 e. The molecule has 0 saturated carbocycles. The van der Waals surface area contributed by atoms with Crippen LogP contribution in [0.5, 0.6) is 5.75 Å². The van der Waals surface area contributed by atoms with E-state index >= 15 is 0 Å². The largest absolute Gasteiger partial charge is 0.495 e. The van der Waals surface area contributed by atoms with E-state index in [0.717, 1.165) is 0 Å². The third kappa shape index (κ3) is 4.06. The lowest BCUT2D eigenvalue weighted by molar-refractivity contribution is -0.117. The van der Waals surface area contributed by atoms with Crippen LogP contribution in [0.25, 0.3) is 0 Å². The van der Waals surface area contributed by atoms with Crippen LogP contribution >= 0.6 is 0 Å². The molecule has 0 aromatic heterocycles. The van der Waals surface area contributed by atoms with E-state index in [1.54, 1.807) is 30.3 Å². The topological polar surface area (TPSA) is 67.4 Å². The monoisotopic (exact) mass is 316 g/mol. The minimum atomic E-state index is -0.841. The maximum absolute atomic E-state index is 13.6. The van der Waals surface area contributed by atoms with Crippen molar-refractivity contribution in [3.8, 4) is 5.75 Å². The average Bonchev–Trinajstić information content (AvgIpc) is 2.55. The molecule has 23 heavy (non-hydrogen) atoms. The zero-order chi connectivity index (χ0) is 16.8. The highest BCUT2D eigenvalue weighted by Crippen LogP contribution is 2.23. The van der Waals surface area contributed by atoms with Gasteiger partial charge in [-0.15, -0.1) is 0 Å². The van der Waals surface area contributed by atoms with Crippen molar-refractivity contribution in [1.29, 1.82) is 0 Å². The molecule has 1 atom stereocenters. The highest BCUT2D eigenvalue weighted by molar-refractivity contribution is 6.01. The summed E-state index contributed by atoms with van der Waals surface area (Å²) in [5, 5.41) is 5.12. The molecule has 0 heterocycles. The van der Waals surface area contributed by atoms with Gasteiger partial charge in [0.2, 0.25) is 5.91 Å². The molecule has 0 radical (unpaired) electrons. The predicted octanol–water partition coefficient (Wildman–Crippen LogP) is 2.59. The molecule has 6 heteroatoms. The highest BCUT2D eigenvalue weighted by Gasteiger charge is 2.19. The molecular weight excluding hydrogens is 299 g/mol. The molecule has 0 aliphatic rings. The number of carbonyl (C=O) groups is 2. The van der Waals surface area contributed by atoms with E-state index in [9.17, 15) is 14.0 Å². The predicted molar refractivity (Wildman–Crippen MR) is 85.0 cm³/mol. The number of benzene rings is 2. The smallest absolute Gasteiger partial charge is 0.254 e. The fourth-order valence-electron chi connectivity index (χ4n) is 1.97. The molecule has 2 amide bonds. The van der Waals surface area contributed by atoms with Gasteiger partial charge in [-0.05, 0) is 31.2 Å². The number of nitrogens with one attached hydrogen (secondary N) is 2. The molecule has 2 rings (SSSR count). The van der Waals surface area contributed by atoms with Crippen molar-refractivity contribution >= 4 is 17.5 Å². The minimum absolute atomic E-state index is 0.107. The summed E-state index contributed by atoms with van der Waals surface area (Å²) in [7, 11) is 1.49. The van der Waals surface area contributed by atoms with Gasteiger partial charge in [-0.25, -0.2) is 4.39 Å². The molecule has 2 aromatic carbocycles. The molecule has 120 valence electrons. The van der Waals surface area contributed by atoms with Gasteiger partial charge in [-0.2, -0.15) is 0 Å². The Morgan fingerprint density at radius 1 is 1.09 bits per heavy atom. The van der Waals surface area contributed by atoms with Gasteiger partial charge in [0, 0.05) is 0 Å². The van der Waals surface area contributed by atoms with Crippen LogP contribution in [0.3, 0.4) is 0 Å². The van der Waals surface area contributed by atoms with Gasteiger partial charge in [-0.3, -0.25) is 9.59 Å². The van der Waals surface area contributed by atoms with E-state index < -0.39 is 23.7 Å². The lowest BCUT2D eigenvalue weighted by Gasteiger charge is -2.15. The zero-order valence-corrected chi connectivity index (χ0v) is 12.8. The molecule has 0 aliphatic heterocycles. The Balaban J connectivity index is 2.03. The van der Waals surface area contributed by atoms with Crippen molar-refractivity contribution in [2.75, 3.05) is 12.4 Å². The first-order valence-electron chi connectivity index (χ1n) is 7.02. The number of anilines is 1. The number of hydrogen-bond acceptors (Lipinski definition) is 3. The molecular formula is C17H17FN2O3. The molecule has 2 N–H and O–H groups in total. The first-order chi connectivity index (χ1) is 11.0. The summed E-state index contributed by atoms with van der Waals surface area (Å²) in [6.45, 7) is 1.52. The number of halogens is 1. The SMILES string of the molecule is COc1ccccc1NC(=O)[C@@H](C)NC(=O)c1ccccc1F. The Labute approximate surface area is 133 Å². The summed E-state index contributed by atoms with van der Waals surface area (Å²) in [5.41, 5.74) is 0.386. The third-order valence-electron chi connectivity index (χ3n) is 3.22. The fraction of sp³-hybridized carbons (Fsp3) is 0.176. The number of amides is 2. The zero-order valence-electron chi connectivity index (χ0n) is 12.8. The van der Waals surface area contributed by atoms with Crippen LogP contribution in [0.15, 0.2) is 48.5 Å². The number of para-hydroxylation sites is 2. The standard InChI is InChI=1S/C17H17FN2O3/c1-11(19-17(22)12-7-3-4-8-13(12)18)16(21)20-14-9-5-6-10-15(14)23-2/h3-11H,1-2H3,(H,19,22)(H,20,21)/t11-/m1/s1. The van der Waals surface area contributed by atoms with Crippen molar-refractivity contribution < 1.29 is 18.7 Å². The maximum Gasteiger partial charge on any atom is 0.254 e. The lowest BCUT2D eigenvalue weighted by Crippen LogP contribution is -2.41. The molecule has 0 bridgehead atoms. The van der Waals surface area contributed by atoms with Gasteiger partial charge in [0.05, 0.1) is 18.4 Å². The van der Waals surface area contributed by atoms with E-state index in [0.29, 0.717) is 11.4 Å². The first-order valence-corrected chi connectivity index (χ1v) is 7.02. The van der Waals surface area contributed by atoms with E-state index in [4.69, 9.17) is 4.74 Å². The van der Waals surface area contributed by atoms with E-state index in [1.165, 1.54) is 32.2 Å². The van der Waals surface area contributed by atoms with Crippen LogP contribution in [0.2, 0.25) is 0 Å². The quantitative estimate of drug-likeness (QED) is 0.891. The Morgan fingerprint density at radius 3 is 2.43 bits per heavy atom. The maximum atomic E-state index is 13.6. The fourth-order valence-corrected chi connectivity index (χ4v) is 1.97. The second-order valence-corrected chi connectivity index (χ2v) is 4.86. The molecule has 2 aromatic rings. The van der Waals surface area contributed by atoms with Crippen molar-refractivity contribution in [3.63, 3.8) is 0 Å². The van der Waals surface area contributed by atoms with Crippen LogP contribution in [0.1, 0.15) is 17.3 Å². The van der Waals surface area contributed by atoms with Crippen molar-refractivity contribution in [2.24, 2.45) is 0 Å². The Bertz CT molecular complexity index is 718. The Morgan fingerprint density at radius 2 is 1.74 bits per heavy atom. The van der Waals surface area contributed by atoms with Crippen LogP contribution < -0.4 is 15.4 Å². The van der Waals surface area contributed by atoms with Crippen molar-refractivity contribution in [2.45, 2.75) is 13.0 Å². The van der Waals surface area contributed by atoms with Gasteiger partial charge in [0.25, 0.3) is 5.91 Å². The summed E-state index contributed by atoms with van der Waals surface area (Å²) in [4.78, 5) is 24.2. The average molecular weight is 316 g/mol. The molecule has 0 saturated heterocycles. The number of rotatable bonds is 5. The van der Waals surface area contributed by atoms with Gasteiger partial charge < -0.3 is 15.4 Å². The summed E-state index contributed by atoms with van der Waals surface area (Å²) >= 11 is 0. The third-order valence-corrected chi connectivity index (χ3v) is 3.22. The summed E-state index contributed by atoms with van der Waals surface area (Å²) in [6.07, 6.45) is 0. The lowest BCUT2D eigenvalue weighted by atomic mass is 10.2. The van der Waals surface area contributed by atoms with Crippen LogP contribution in [-0.2, 0) is 4.79 Å². The summed E-state index contributed by atoms with van der Waals surface area (Å²) < 4.78 is 18.7. The normalized spacial score (nSPS) is 11.4. The molecule has 0 unspecified atom stereocenters. The molecule has 0 spiro atoms. The van der Waals surface area contributed by atoms with Crippen molar-refractivity contribution in [3.05, 3.63) is 59.9 Å². The van der Waals surface area contributed by atoms with Gasteiger partial charge in [0.1, 0.15) is 17.6 Å². The van der Waals surface area contributed by atoms with Crippen LogP contribution in [0.4, 0.5) is 10.1 Å². The number of ether oxygens (including phenoxy) is 1. The van der Waals surface area contributed by atoms with Gasteiger partial charge in [0.15, 0.2) is 0 Å². The van der Waals surface area contributed by atoms with Crippen molar-refractivity contribution in [1.82, 2.24) is 5.32 Å². The number of hydrogen-bond donors (Lipinski definition) is 2. The Hall–Kier alpha value is -2.89. The first kappa shape index (κ1) is 16.5. The summed E-state index contributed by atoms with van der Waals surface area (Å²) in [6, 6.07) is 11.7. The Kier molecular flexibility index (Phi) is 5.30. The van der Waals surface area contributed by atoms with Gasteiger partial charge in [-0.1, -0.05) is 24.3 Å². The number of methoxy groups -OCH3 is 1. The molecule has 0 aliphatic carbocycles.